The van der Waals surface area contributed by atoms with E-state index in [1.165, 1.54) is 29.4 Å². The summed E-state index contributed by atoms with van der Waals surface area (Å²) in [6, 6.07) is 10.4. The Balaban J connectivity index is 1.67. The summed E-state index contributed by atoms with van der Waals surface area (Å²) in [6.07, 6.45) is 14.8. The second-order valence-corrected chi connectivity index (χ2v) is 8.76. The lowest BCUT2D eigenvalue weighted by Crippen LogP contribution is -2.31. The molecule has 3 rings (SSSR count). The van der Waals surface area contributed by atoms with E-state index in [9.17, 15) is 4.79 Å². The molecule has 2 aromatic heterocycles. The molecule has 1 N–H and O–H groups in total. The number of hydrogen-bond donors (Lipinski definition) is 1. The zero-order valence-corrected chi connectivity index (χ0v) is 20.4. The number of ether oxygens (including phenoxy) is 1. The van der Waals surface area contributed by atoms with Crippen LogP contribution in [0.3, 0.4) is 0 Å². The predicted octanol–water partition coefficient (Wildman–Crippen LogP) is 5.86. The number of nitrogens with one attached hydrogen (secondary N) is 1. The molecule has 1 aromatic carbocycles. The van der Waals surface area contributed by atoms with Crippen LogP contribution in [-0.2, 0) is 24.7 Å². The summed E-state index contributed by atoms with van der Waals surface area (Å²) in [5, 5.41) is 4.34. The molecule has 0 radical (unpaired) electrons. The molecule has 1 atom stereocenters. The van der Waals surface area contributed by atoms with E-state index in [1.807, 2.05) is 24.4 Å². The van der Waals surface area contributed by atoms with Crippen LogP contribution in [0.2, 0.25) is 0 Å². The fourth-order valence-electron chi connectivity index (χ4n) is 4.34. The molecule has 3 aromatic rings. The van der Waals surface area contributed by atoms with Gasteiger partial charge in [-0.25, -0.2) is 0 Å². The Morgan fingerprint density at radius 2 is 2.06 bits per heavy atom. The van der Waals surface area contributed by atoms with Crippen LogP contribution in [0, 0.1) is 0 Å². The van der Waals surface area contributed by atoms with Crippen molar-refractivity contribution in [2.45, 2.75) is 64.8 Å². The highest BCUT2D eigenvalue weighted by atomic mass is 16.5. The zero-order valence-electron chi connectivity index (χ0n) is 20.4. The number of unbranched alkanes of at least 4 members (excludes halogenated alkanes) is 2. The van der Waals surface area contributed by atoms with Gasteiger partial charge in [0.1, 0.15) is 5.75 Å². The molecule has 5 heteroatoms. The van der Waals surface area contributed by atoms with Gasteiger partial charge in [0.25, 0.3) is 0 Å². The first kappa shape index (κ1) is 24.6. The number of carbonyl (C=O) groups is 1. The molecule has 0 spiro atoms. The van der Waals surface area contributed by atoms with Gasteiger partial charge < -0.3 is 14.6 Å². The summed E-state index contributed by atoms with van der Waals surface area (Å²) in [5.41, 5.74) is 4.76. The van der Waals surface area contributed by atoms with Crippen molar-refractivity contribution in [3.8, 4) is 5.75 Å². The molecular formula is C28H37N3O2. The molecule has 5 nitrogen and oxygen atoms in total. The van der Waals surface area contributed by atoms with E-state index >= 15 is 0 Å². The first-order chi connectivity index (χ1) is 16.0. The molecule has 0 aliphatic rings. The van der Waals surface area contributed by atoms with Gasteiger partial charge in [-0.05, 0) is 74.4 Å². The van der Waals surface area contributed by atoms with Crippen molar-refractivity contribution in [3.05, 3.63) is 65.6 Å². The Hall–Kier alpha value is -3.08. The number of methoxy groups -OCH3 is 1. The number of benzene rings is 1. The first-order valence-electron chi connectivity index (χ1n) is 12.1. The maximum absolute atomic E-state index is 12.6. The third-order valence-corrected chi connectivity index (χ3v) is 6.20. The van der Waals surface area contributed by atoms with E-state index in [0.29, 0.717) is 0 Å². The second-order valence-electron chi connectivity index (χ2n) is 8.76. The van der Waals surface area contributed by atoms with Crippen molar-refractivity contribution in [3.63, 3.8) is 0 Å². The van der Waals surface area contributed by atoms with Crippen LogP contribution in [-0.4, -0.2) is 28.6 Å². The summed E-state index contributed by atoms with van der Waals surface area (Å²) in [7, 11) is 3.75. The average Bonchev–Trinajstić information content (AvgIpc) is 3.08. The van der Waals surface area contributed by atoms with Crippen LogP contribution in [0.5, 0.6) is 5.75 Å². The number of pyridine rings is 1. The summed E-state index contributed by atoms with van der Waals surface area (Å²) in [5.74, 6) is 0.794. The number of rotatable bonds is 12. The smallest absolute Gasteiger partial charge is 0.244 e. The van der Waals surface area contributed by atoms with Crippen LogP contribution >= 0.6 is 0 Å². The third kappa shape index (κ3) is 6.70. The summed E-state index contributed by atoms with van der Waals surface area (Å²) in [6.45, 7) is 4.28. The molecule has 0 saturated carbocycles. The Morgan fingerprint density at radius 1 is 1.21 bits per heavy atom. The van der Waals surface area contributed by atoms with Crippen molar-refractivity contribution in [1.29, 1.82) is 0 Å². The maximum atomic E-state index is 12.6. The van der Waals surface area contributed by atoms with Crippen molar-refractivity contribution >= 4 is 22.9 Å². The van der Waals surface area contributed by atoms with E-state index in [2.05, 4.69) is 54.0 Å². The van der Waals surface area contributed by atoms with Crippen LogP contribution in [0.25, 0.3) is 17.0 Å². The van der Waals surface area contributed by atoms with Gasteiger partial charge in [0.2, 0.25) is 5.91 Å². The molecule has 1 amide bonds. The number of aryl methyl sites for hydroxylation is 3. The van der Waals surface area contributed by atoms with Gasteiger partial charge >= 0.3 is 0 Å². The highest BCUT2D eigenvalue weighted by Gasteiger charge is 2.14. The third-order valence-electron chi connectivity index (χ3n) is 6.20. The van der Waals surface area contributed by atoms with Crippen molar-refractivity contribution in [2.75, 3.05) is 7.11 Å². The summed E-state index contributed by atoms with van der Waals surface area (Å²) in [4.78, 5) is 16.8. The Bertz CT molecular complexity index is 1070. The van der Waals surface area contributed by atoms with Gasteiger partial charge in [0.05, 0.1) is 12.6 Å². The monoisotopic (exact) mass is 447 g/mol. The second kappa shape index (κ2) is 12.2. The van der Waals surface area contributed by atoms with Gasteiger partial charge in [-0.15, -0.1) is 0 Å². The molecule has 176 valence electrons. The first-order valence-corrected chi connectivity index (χ1v) is 12.1. The number of nitrogens with zero attached hydrogens (tertiary/aromatic N) is 2. The summed E-state index contributed by atoms with van der Waals surface area (Å²) >= 11 is 0. The SMILES string of the molecule is CCCCCc1c(/C=C/C(=O)NC(C)CCCc2cccnc2)n(C)c2cc(OC)ccc12. The van der Waals surface area contributed by atoms with Crippen LogP contribution < -0.4 is 10.1 Å². The maximum Gasteiger partial charge on any atom is 0.244 e. The highest BCUT2D eigenvalue weighted by Crippen LogP contribution is 2.31. The van der Waals surface area contributed by atoms with E-state index in [4.69, 9.17) is 4.74 Å². The molecule has 0 aliphatic heterocycles. The van der Waals surface area contributed by atoms with Crippen LogP contribution in [0.4, 0.5) is 0 Å². The Labute approximate surface area is 197 Å². The van der Waals surface area contributed by atoms with Crippen molar-refractivity contribution in [1.82, 2.24) is 14.9 Å². The fourth-order valence-corrected chi connectivity index (χ4v) is 4.34. The van der Waals surface area contributed by atoms with Gasteiger partial charge in [0.15, 0.2) is 0 Å². The van der Waals surface area contributed by atoms with Gasteiger partial charge in [-0.3, -0.25) is 9.78 Å². The minimum absolute atomic E-state index is 0.0498. The number of aromatic nitrogens is 2. The van der Waals surface area contributed by atoms with Gasteiger partial charge in [-0.1, -0.05) is 25.8 Å². The fraction of sp³-hybridized carbons (Fsp3) is 0.429. The number of amides is 1. The number of carbonyl (C=O) groups excluding carboxylic acids is 1. The van der Waals surface area contributed by atoms with Crippen LogP contribution in [0.15, 0.2) is 48.8 Å². The molecule has 0 bridgehead atoms. The lowest BCUT2D eigenvalue weighted by molar-refractivity contribution is -0.117. The topological polar surface area (TPSA) is 56.2 Å². The standard InChI is InChI=1S/C28H37N3O2/c1-5-6-7-13-24-25-15-14-23(33-4)19-27(25)31(3)26(24)16-17-28(32)30-21(2)10-8-11-22-12-9-18-29-20-22/h9,12,14-21H,5-8,10-11,13H2,1-4H3,(H,30,32)/b17-16+. The Kier molecular flexibility index (Phi) is 9.11. The lowest BCUT2D eigenvalue weighted by Gasteiger charge is -2.12. The van der Waals surface area contributed by atoms with Gasteiger partial charge in [0, 0.05) is 48.7 Å². The average molecular weight is 448 g/mol. The lowest BCUT2D eigenvalue weighted by atomic mass is 10.0. The quantitative estimate of drug-likeness (QED) is 0.280. The van der Waals surface area contributed by atoms with E-state index in [0.717, 1.165) is 49.1 Å². The molecular weight excluding hydrogens is 410 g/mol. The van der Waals surface area contributed by atoms with E-state index in [-0.39, 0.29) is 11.9 Å². The molecule has 33 heavy (non-hydrogen) atoms. The molecule has 2 heterocycles. The van der Waals surface area contributed by atoms with Crippen molar-refractivity contribution in [2.24, 2.45) is 7.05 Å². The largest absolute Gasteiger partial charge is 0.497 e. The minimum Gasteiger partial charge on any atom is -0.497 e. The van der Waals surface area contributed by atoms with Crippen LogP contribution in [0.1, 0.15) is 62.8 Å². The van der Waals surface area contributed by atoms with Crippen molar-refractivity contribution < 1.29 is 9.53 Å². The summed E-state index contributed by atoms with van der Waals surface area (Å²) < 4.78 is 7.60. The molecule has 1 unspecified atom stereocenters. The number of fused-ring (bicyclic) bond motifs is 1. The highest BCUT2D eigenvalue weighted by molar-refractivity contribution is 5.94. The predicted molar refractivity (Wildman–Crippen MR) is 137 cm³/mol. The molecule has 0 saturated heterocycles. The van der Waals surface area contributed by atoms with E-state index < -0.39 is 0 Å². The molecule has 0 fully saturated rings. The minimum atomic E-state index is -0.0498. The van der Waals surface area contributed by atoms with Gasteiger partial charge in [-0.2, -0.15) is 0 Å². The zero-order chi connectivity index (χ0) is 23.6. The number of hydrogen-bond acceptors (Lipinski definition) is 3. The van der Waals surface area contributed by atoms with E-state index in [1.54, 1.807) is 19.4 Å². The Morgan fingerprint density at radius 3 is 2.79 bits per heavy atom. The molecule has 0 aliphatic carbocycles. The normalized spacial score (nSPS) is 12.4.